The van der Waals surface area contributed by atoms with Crippen molar-refractivity contribution in [2.45, 2.75) is 13.3 Å². The summed E-state index contributed by atoms with van der Waals surface area (Å²) in [6.07, 6.45) is 1.01. The van der Waals surface area contributed by atoms with Crippen LogP contribution in [-0.2, 0) is 4.74 Å². The Bertz CT molecular complexity index is 674. The highest BCUT2D eigenvalue weighted by atomic mass is 16.5. The zero-order valence-electron chi connectivity index (χ0n) is 13.5. The summed E-state index contributed by atoms with van der Waals surface area (Å²) in [5.74, 6) is 2.03. The van der Waals surface area contributed by atoms with E-state index in [-0.39, 0.29) is 6.03 Å². The predicted molar refractivity (Wildman–Crippen MR) is 89.5 cm³/mol. The first-order chi connectivity index (χ1) is 11.1. The molecule has 5 heteroatoms. The Morgan fingerprint density at radius 3 is 2.83 bits per heavy atom. The van der Waals surface area contributed by atoms with Gasteiger partial charge >= 0.3 is 6.03 Å². The van der Waals surface area contributed by atoms with Gasteiger partial charge in [-0.3, -0.25) is 0 Å². The van der Waals surface area contributed by atoms with Crippen molar-refractivity contribution in [2.24, 2.45) is 5.92 Å². The zero-order chi connectivity index (χ0) is 16.2. The number of nitrogens with one attached hydrogen (secondary N) is 1. The third kappa shape index (κ3) is 3.74. The highest BCUT2D eigenvalue weighted by Crippen LogP contribution is 2.29. The number of ether oxygens (including phenoxy) is 1. The molecule has 0 spiro atoms. The molecule has 2 heterocycles. The maximum Gasteiger partial charge on any atom is 0.321 e. The first-order valence-electron chi connectivity index (χ1n) is 7.89. The normalized spacial score (nSPS) is 17.2. The molecule has 23 heavy (non-hydrogen) atoms. The van der Waals surface area contributed by atoms with Crippen molar-refractivity contribution in [2.75, 3.05) is 32.1 Å². The van der Waals surface area contributed by atoms with Gasteiger partial charge in [0, 0.05) is 31.7 Å². The lowest BCUT2D eigenvalue weighted by Gasteiger charge is -2.21. The lowest BCUT2D eigenvalue weighted by atomic mass is 10.1. The van der Waals surface area contributed by atoms with Crippen LogP contribution in [-0.4, -0.2) is 37.7 Å². The fraction of sp³-hybridized carbons (Fsp3) is 0.389. The number of anilines is 1. The zero-order valence-corrected chi connectivity index (χ0v) is 13.5. The van der Waals surface area contributed by atoms with E-state index in [4.69, 9.17) is 9.15 Å². The van der Waals surface area contributed by atoms with Crippen LogP contribution in [0.2, 0.25) is 0 Å². The van der Waals surface area contributed by atoms with Gasteiger partial charge < -0.3 is 19.4 Å². The van der Waals surface area contributed by atoms with Crippen molar-refractivity contribution >= 4 is 11.7 Å². The maximum atomic E-state index is 12.4. The number of rotatable bonds is 4. The van der Waals surface area contributed by atoms with Crippen LogP contribution < -0.4 is 5.32 Å². The molecule has 0 bridgehead atoms. The number of aryl methyl sites for hydroxylation is 1. The minimum atomic E-state index is -0.118. The Balaban J connectivity index is 1.71. The van der Waals surface area contributed by atoms with E-state index in [1.807, 2.05) is 50.4 Å². The molecular weight excluding hydrogens is 292 g/mol. The fourth-order valence-corrected chi connectivity index (χ4v) is 2.79. The van der Waals surface area contributed by atoms with Crippen LogP contribution in [0.1, 0.15) is 12.2 Å². The number of amides is 2. The third-order valence-electron chi connectivity index (χ3n) is 4.08. The third-order valence-corrected chi connectivity index (χ3v) is 4.08. The molecule has 0 radical (unpaired) electrons. The van der Waals surface area contributed by atoms with Crippen LogP contribution in [0.25, 0.3) is 11.3 Å². The van der Waals surface area contributed by atoms with Crippen LogP contribution in [0.5, 0.6) is 0 Å². The van der Waals surface area contributed by atoms with E-state index in [1.54, 1.807) is 4.90 Å². The van der Waals surface area contributed by atoms with Crippen LogP contribution in [0.15, 0.2) is 40.8 Å². The lowest BCUT2D eigenvalue weighted by Crippen LogP contribution is -2.35. The monoisotopic (exact) mass is 314 g/mol. The summed E-state index contributed by atoms with van der Waals surface area (Å²) in [5.41, 5.74) is 1.63. The van der Waals surface area contributed by atoms with E-state index in [0.717, 1.165) is 42.4 Å². The van der Waals surface area contributed by atoms with E-state index in [9.17, 15) is 4.79 Å². The Labute approximate surface area is 136 Å². The molecule has 1 atom stereocenters. The summed E-state index contributed by atoms with van der Waals surface area (Å²) in [4.78, 5) is 14.1. The molecule has 2 aromatic rings. The van der Waals surface area contributed by atoms with E-state index in [1.165, 1.54) is 0 Å². The average molecular weight is 314 g/mol. The molecule has 1 N–H and O–H groups in total. The topological polar surface area (TPSA) is 54.7 Å². The largest absolute Gasteiger partial charge is 0.461 e. The first kappa shape index (κ1) is 15.6. The summed E-state index contributed by atoms with van der Waals surface area (Å²) < 4.78 is 11.0. The van der Waals surface area contributed by atoms with E-state index in [2.05, 4.69) is 5.32 Å². The summed E-state index contributed by atoms with van der Waals surface area (Å²) in [6.45, 7) is 4.14. The number of furan rings is 1. The molecule has 1 saturated heterocycles. The van der Waals surface area contributed by atoms with E-state index in [0.29, 0.717) is 12.5 Å². The molecule has 0 saturated carbocycles. The van der Waals surface area contributed by atoms with Crippen molar-refractivity contribution in [3.05, 3.63) is 42.2 Å². The van der Waals surface area contributed by atoms with Gasteiger partial charge in [-0.2, -0.15) is 0 Å². The second kappa shape index (κ2) is 6.87. The molecule has 1 aromatic carbocycles. The molecule has 1 unspecified atom stereocenters. The van der Waals surface area contributed by atoms with Crippen LogP contribution in [0.3, 0.4) is 0 Å². The molecule has 1 aliphatic rings. The minimum absolute atomic E-state index is 0.118. The second-order valence-electron chi connectivity index (χ2n) is 6.00. The summed E-state index contributed by atoms with van der Waals surface area (Å²) in [7, 11) is 1.81. The van der Waals surface area contributed by atoms with Crippen molar-refractivity contribution < 1.29 is 13.9 Å². The lowest BCUT2D eigenvalue weighted by molar-refractivity contribution is 0.175. The Morgan fingerprint density at radius 2 is 2.13 bits per heavy atom. The SMILES string of the molecule is Cc1ccc(-c2ccccc2NC(=O)N(C)CC2CCOC2)o1. The number of benzene rings is 1. The van der Waals surface area contributed by atoms with E-state index >= 15 is 0 Å². The molecule has 1 aromatic heterocycles. The first-order valence-corrected chi connectivity index (χ1v) is 7.89. The summed E-state index contributed by atoms with van der Waals surface area (Å²) in [5, 5.41) is 2.98. The molecule has 1 aliphatic heterocycles. The molecule has 3 rings (SSSR count). The van der Waals surface area contributed by atoms with Gasteiger partial charge in [-0.25, -0.2) is 4.79 Å². The molecule has 0 aliphatic carbocycles. The molecule has 2 amide bonds. The van der Waals surface area contributed by atoms with Crippen LogP contribution in [0, 0.1) is 12.8 Å². The summed E-state index contributed by atoms with van der Waals surface area (Å²) in [6, 6.07) is 11.4. The van der Waals surface area contributed by atoms with Crippen LogP contribution >= 0.6 is 0 Å². The standard InChI is InChI=1S/C18H22N2O3/c1-13-7-8-17(23-13)15-5-3-4-6-16(15)19-18(21)20(2)11-14-9-10-22-12-14/h3-8,14H,9-12H2,1-2H3,(H,19,21). The van der Waals surface area contributed by atoms with Crippen molar-refractivity contribution in [1.82, 2.24) is 4.90 Å². The van der Waals surface area contributed by atoms with Crippen molar-refractivity contribution in [3.63, 3.8) is 0 Å². The van der Waals surface area contributed by atoms with Gasteiger partial charge in [0.15, 0.2) is 0 Å². The molecular formula is C18H22N2O3. The number of hydrogen-bond donors (Lipinski definition) is 1. The van der Waals surface area contributed by atoms with Gasteiger partial charge in [-0.05, 0) is 37.6 Å². The van der Waals surface area contributed by atoms with Crippen LogP contribution in [0.4, 0.5) is 10.5 Å². The minimum Gasteiger partial charge on any atom is -0.461 e. The van der Waals surface area contributed by atoms with Gasteiger partial charge in [-0.1, -0.05) is 12.1 Å². The van der Waals surface area contributed by atoms with Gasteiger partial charge in [0.25, 0.3) is 0 Å². The van der Waals surface area contributed by atoms with Gasteiger partial charge in [0.2, 0.25) is 0 Å². The van der Waals surface area contributed by atoms with Gasteiger partial charge in [0.05, 0.1) is 12.3 Å². The highest BCUT2D eigenvalue weighted by Gasteiger charge is 2.20. The smallest absolute Gasteiger partial charge is 0.321 e. The van der Waals surface area contributed by atoms with Crippen molar-refractivity contribution in [1.29, 1.82) is 0 Å². The van der Waals surface area contributed by atoms with Gasteiger partial charge in [0.1, 0.15) is 11.5 Å². The quantitative estimate of drug-likeness (QED) is 0.935. The Hall–Kier alpha value is -2.27. The predicted octanol–water partition coefficient (Wildman–Crippen LogP) is 3.76. The molecule has 5 nitrogen and oxygen atoms in total. The van der Waals surface area contributed by atoms with Gasteiger partial charge in [-0.15, -0.1) is 0 Å². The highest BCUT2D eigenvalue weighted by molar-refractivity contribution is 5.93. The average Bonchev–Trinajstić information content (AvgIpc) is 3.19. The van der Waals surface area contributed by atoms with E-state index < -0.39 is 0 Å². The Kier molecular flexibility index (Phi) is 4.67. The summed E-state index contributed by atoms with van der Waals surface area (Å²) >= 11 is 0. The number of hydrogen-bond acceptors (Lipinski definition) is 3. The Morgan fingerprint density at radius 1 is 1.30 bits per heavy atom. The number of carbonyl (C=O) groups is 1. The number of urea groups is 1. The number of nitrogens with zero attached hydrogens (tertiary/aromatic N) is 1. The molecule has 122 valence electrons. The second-order valence-corrected chi connectivity index (χ2v) is 6.00. The number of carbonyl (C=O) groups excluding carboxylic acids is 1. The molecule has 1 fully saturated rings. The maximum absolute atomic E-state index is 12.4. The number of para-hydroxylation sites is 1. The fourth-order valence-electron chi connectivity index (χ4n) is 2.79. The van der Waals surface area contributed by atoms with Crippen molar-refractivity contribution in [3.8, 4) is 11.3 Å².